The Morgan fingerprint density at radius 1 is 1.25 bits per heavy atom. The van der Waals surface area contributed by atoms with Gasteiger partial charge >= 0.3 is 0 Å². The van der Waals surface area contributed by atoms with E-state index in [9.17, 15) is 0 Å². The number of rotatable bonds is 4. The maximum Gasteiger partial charge on any atom is 0.0670 e. The SMILES string of the molecule is N#CCc1cc(N2CCCN(CCO)CC2)ccc1N. The van der Waals surface area contributed by atoms with E-state index in [0.717, 1.165) is 50.4 Å². The van der Waals surface area contributed by atoms with Crippen molar-refractivity contribution < 1.29 is 5.11 Å². The number of nitrogens with zero attached hydrogens (tertiary/aromatic N) is 3. The summed E-state index contributed by atoms with van der Waals surface area (Å²) in [6, 6.07) is 8.10. The fraction of sp³-hybridized carbons (Fsp3) is 0.533. The molecule has 1 aromatic rings. The zero-order chi connectivity index (χ0) is 14.4. The van der Waals surface area contributed by atoms with E-state index in [1.54, 1.807) is 0 Å². The fourth-order valence-corrected chi connectivity index (χ4v) is 2.62. The van der Waals surface area contributed by atoms with Crippen LogP contribution in [0.5, 0.6) is 0 Å². The van der Waals surface area contributed by atoms with Crippen LogP contribution in [0, 0.1) is 11.3 Å². The van der Waals surface area contributed by atoms with Gasteiger partial charge in [0.2, 0.25) is 0 Å². The van der Waals surface area contributed by atoms with Crippen LogP contribution in [-0.2, 0) is 6.42 Å². The summed E-state index contributed by atoms with van der Waals surface area (Å²) in [6.07, 6.45) is 1.43. The van der Waals surface area contributed by atoms with Crippen molar-refractivity contribution in [3.8, 4) is 6.07 Å². The van der Waals surface area contributed by atoms with E-state index in [0.29, 0.717) is 12.1 Å². The highest BCUT2D eigenvalue weighted by molar-refractivity contribution is 5.59. The molecule has 108 valence electrons. The number of anilines is 2. The molecule has 5 nitrogen and oxygen atoms in total. The molecule has 1 heterocycles. The van der Waals surface area contributed by atoms with E-state index < -0.39 is 0 Å². The second kappa shape index (κ2) is 7.13. The van der Waals surface area contributed by atoms with Crippen molar-refractivity contribution in [3.63, 3.8) is 0 Å². The van der Waals surface area contributed by atoms with Crippen LogP contribution < -0.4 is 10.6 Å². The van der Waals surface area contributed by atoms with Gasteiger partial charge in [0.05, 0.1) is 19.1 Å². The fourth-order valence-electron chi connectivity index (χ4n) is 2.62. The molecule has 0 bridgehead atoms. The van der Waals surface area contributed by atoms with Crippen LogP contribution in [0.1, 0.15) is 12.0 Å². The van der Waals surface area contributed by atoms with Gasteiger partial charge in [-0.2, -0.15) is 5.26 Å². The Morgan fingerprint density at radius 3 is 2.85 bits per heavy atom. The van der Waals surface area contributed by atoms with Gasteiger partial charge in [0.1, 0.15) is 0 Å². The minimum atomic E-state index is 0.216. The predicted molar refractivity (Wildman–Crippen MR) is 80.5 cm³/mol. The zero-order valence-electron chi connectivity index (χ0n) is 11.8. The summed E-state index contributed by atoms with van der Waals surface area (Å²) in [5.74, 6) is 0. The lowest BCUT2D eigenvalue weighted by Gasteiger charge is -2.24. The van der Waals surface area contributed by atoms with Crippen LogP contribution in [0.25, 0.3) is 0 Å². The zero-order valence-corrected chi connectivity index (χ0v) is 11.8. The van der Waals surface area contributed by atoms with Gasteiger partial charge in [0.15, 0.2) is 0 Å². The molecule has 0 aliphatic carbocycles. The highest BCUT2D eigenvalue weighted by Crippen LogP contribution is 2.22. The molecule has 1 saturated heterocycles. The third kappa shape index (κ3) is 3.62. The highest BCUT2D eigenvalue weighted by Gasteiger charge is 2.15. The maximum atomic E-state index is 9.02. The molecule has 0 radical (unpaired) electrons. The number of β-amino-alcohol motifs (C(OH)–C–C–N with tert-alkyl or cyclic N) is 1. The summed E-state index contributed by atoms with van der Waals surface area (Å²) >= 11 is 0. The standard InChI is InChI=1S/C15H22N4O/c16-5-4-13-12-14(2-3-15(13)17)19-7-1-6-18(8-9-19)10-11-20/h2-3,12,20H,1,4,6-11,17H2. The van der Waals surface area contributed by atoms with Crippen LogP contribution in [0.15, 0.2) is 18.2 Å². The monoisotopic (exact) mass is 274 g/mol. The quantitative estimate of drug-likeness (QED) is 0.796. The van der Waals surface area contributed by atoms with Crippen LogP contribution in [-0.4, -0.2) is 49.3 Å². The number of nitriles is 1. The van der Waals surface area contributed by atoms with E-state index in [2.05, 4.69) is 15.9 Å². The molecule has 2 rings (SSSR count). The Hall–Kier alpha value is -1.77. The van der Waals surface area contributed by atoms with Gasteiger partial charge in [-0.3, -0.25) is 4.90 Å². The molecule has 1 aliphatic rings. The van der Waals surface area contributed by atoms with Crippen molar-refractivity contribution >= 4 is 11.4 Å². The molecule has 5 heteroatoms. The Morgan fingerprint density at radius 2 is 2.10 bits per heavy atom. The number of nitrogens with two attached hydrogens (primary N) is 1. The topological polar surface area (TPSA) is 76.5 Å². The number of hydrogen-bond acceptors (Lipinski definition) is 5. The first kappa shape index (κ1) is 14.6. The summed E-state index contributed by atoms with van der Waals surface area (Å²) in [5.41, 5.74) is 8.62. The first-order valence-corrected chi connectivity index (χ1v) is 7.08. The third-order valence-electron chi connectivity index (χ3n) is 3.77. The van der Waals surface area contributed by atoms with E-state index in [-0.39, 0.29) is 6.61 Å². The average molecular weight is 274 g/mol. The lowest BCUT2D eigenvalue weighted by atomic mass is 10.1. The molecule has 0 amide bonds. The number of aliphatic hydroxyl groups excluding tert-OH is 1. The van der Waals surface area contributed by atoms with Crippen LogP contribution in [0.3, 0.4) is 0 Å². The second-order valence-corrected chi connectivity index (χ2v) is 5.12. The Labute approximate surface area is 120 Å². The number of hydrogen-bond donors (Lipinski definition) is 2. The highest BCUT2D eigenvalue weighted by atomic mass is 16.3. The largest absolute Gasteiger partial charge is 0.398 e. The second-order valence-electron chi connectivity index (χ2n) is 5.12. The minimum absolute atomic E-state index is 0.216. The van der Waals surface area contributed by atoms with Crippen molar-refractivity contribution in [1.29, 1.82) is 5.26 Å². The maximum absolute atomic E-state index is 9.02. The molecule has 20 heavy (non-hydrogen) atoms. The Bertz CT molecular complexity index is 483. The smallest absolute Gasteiger partial charge is 0.0670 e. The van der Waals surface area contributed by atoms with Gasteiger partial charge in [0, 0.05) is 37.6 Å². The Balaban J connectivity index is 2.08. The van der Waals surface area contributed by atoms with E-state index in [1.807, 2.05) is 18.2 Å². The van der Waals surface area contributed by atoms with Crippen molar-refractivity contribution in [3.05, 3.63) is 23.8 Å². The molecular weight excluding hydrogens is 252 g/mol. The van der Waals surface area contributed by atoms with Crippen molar-refractivity contribution in [2.75, 3.05) is 50.0 Å². The molecule has 3 N–H and O–H groups in total. The lowest BCUT2D eigenvalue weighted by molar-refractivity contribution is 0.204. The van der Waals surface area contributed by atoms with Crippen LogP contribution in [0.2, 0.25) is 0 Å². The molecule has 0 saturated carbocycles. The molecule has 0 unspecified atom stereocenters. The van der Waals surface area contributed by atoms with Crippen molar-refractivity contribution in [1.82, 2.24) is 4.90 Å². The minimum Gasteiger partial charge on any atom is -0.398 e. The molecule has 1 fully saturated rings. The summed E-state index contributed by atoms with van der Waals surface area (Å²) in [6.45, 7) is 4.88. The van der Waals surface area contributed by atoms with Crippen molar-refractivity contribution in [2.45, 2.75) is 12.8 Å². The van der Waals surface area contributed by atoms with Gasteiger partial charge in [-0.05, 0) is 36.7 Å². The van der Waals surface area contributed by atoms with Gasteiger partial charge in [0.25, 0.3) is 0 Å². The normalized spacial score (nSPS) is 16.7. The molecule has 0 aromatic heterocycles. The predicted octanol–water partition coefficient (Wildman–Crippen LogP) is 0.839. The van der Waals surface area contributed by atoms with E-state index in [1.165, 1.54) is 0 Å². The van der Waals surface area contributed by atoms with Gasteiger partial charge in [-0.15, -0.1) is 0 Å². The van der Waals surface area contributed by atoms with E-state index >= 15 is 0 Å². The molecular formula is C15H22N4O. The third-order valence-corrected chi connectivity index (χ3v) is 3.77. The molecule has 1 aromatic carbocycles. The number of benzene rings is 1. The summed E-state index contributed by atoms with van der Waals surface area (Å²) in [7, 11) is 0. The van der Waals surface area contributed by atoms with Gasteiger partial charge in [-0.1, -0.05) is 0 Å². The van der Waals surface area contributed by atoms with Crippen molar-refractivity contribution in [2.24, 2.45) is 0 Å². The number of nitrogen functional groups attached to an aromatic ring is 1. The summed E-state index contributed by atoms with van der Waals surface area (Å²) in [4.78, 5) is 4.62. The number of aliphatic hydroxyl groups is 1. The average Bonchev–Trinajstić information content (AvgIpc) is 2.68. The first-order chi connectivity index (χ1) is 9.74. The Kier molecular flexibility index (Phi) is 5.22. The summed E-state index contributed by atoms with van der Waals surface area (Å²) in [5, 5.41) is 17.9. The first-order valence-electron chi connectivity index (χ1n) is 7.08. The molecule has 0 atom stereocenters. The molecule has 0 spiro atoms. The van der Waals surface area contributed by atoms with Gasteiger partial charge < -0.3 is 15.7 Å². The van der Waals surface area contributed by atoms with Crippen LogP contribution >= 0.6 is 0 Å². The lowest BCUT2D eigenvalue weighted by Crippen LogP contribution is -2.32. The summed E-state index contributed by atoms with van der Waals surface area (Å²) < 4.78 is 0. The van der Waals surface area contributed by atoms with Gasteiger partial charge in [-0.25, -0.2) is 0 Å². The van der Waals surface area contributed by atoms with Crippen LogP contribution in [0.4, 0.5) is 11.4 Å². The van der Waals surface area contributed by atoms with E-state index in [4.69, 9.17) is 16.1 Å². The molecule has 1 aliphatic heterocycles.